The zero-order valence-corrected chi connectivity index (χ0v) is 23.2. The molecule has 0 aliphatic rings. The molecule has 0 radical (unpaired) electrons. The van der Waals surface area contributed by atoms with Gasteiger partial charge < -0.3 is 10.0 Å². The molecule has 0 saturated carbocycles. The molecule has 2 nitrogen and oxygen atoms in total. The third-order valence-corrected chi connectivity index (χ3v) is 6.12. The molecule has 190 valence electrons. The lowest BCUT2D eigenvalue weighted by molar-refractivity contribution is 0.246. The molecule has 0 rings (SSSR count). The van der Waals surface area contributed by atoms with Crippen molar-refractivity contribution < 1.29 is 5.11 Å². The van der Waals surface area contributed by atoms with Gasteiger partial charge in [-0.05, 0) is 126 Å². The number of rotatable bonds is 19. The van der Waals surface area contributed by atoms with Crippen molar-refractivity contribution >= 4 is 0 Å². The van der Waals surface area contributed by atoms with Crippen LogP contribution in [0.1, 0.15) is 112 Å². The zero-order chi connectivity index (χ0) is 24.9. The van der Waals surface area contributed by atoms with Crippen molar-refractivity contribution in [1.82, 2.24) is 4.90 Å². The highest BCUT2D eigenvalue weighted by atomic mass is 16.3. The highest BCUT2D eigenvalue weighted by molar-refractivity contribution is 5.07. The van der Waals surface area contributed by atoms with E-state index in [0.29, 0.717) is 6.61 Å². The maximum Gasteiger partial charge on any atom is 0.0443 e. The first-order valence-corrected chi connectivity index (χ1v) is 13.3. The fourth-order valence-electron chi connectivity index (χ4n) is 3.83. The van der Waals surface area contributed by atoms with Crippen molar-refractivity contribution in [2.24, 2.45) is 0 Å². The first-order chi connectivity index (χ1) is 15.7. The van der Waals surface area contributed by atoms with Crippen molar-refractivity contribution in [3.8, 4) is 0 Å². The lowest BCUT2D eigenvalue weighted by Gasteiger charge is -2.15. The van der Waals surface area contributed by atoms with Crippen LogP contribution in [0.15, 0.2) is 58.2 Å². The summed E-state index contributed by atoms with van der Waals surface area (Å²) in [5, 5.41) is 8.90. The van der Waals surface area contributed by atoms with Crippen molar-refractivity contribution in [3.63, 3.8) is 0 Å². The van der Waals surface area contributed by atoms with Gasteiger partial charge in [0.1, 0.15) is 0 Å². The molecule has 1 N–H and O–H groups in total. The molecule has 0 amide bonds. The Morgan fingerprint density at radius 2 is 0.939 bits per heavy atom. The number of allylic oxidation sites excluding steroid dienone is 10. The third kappa shape index (κ3) is 22.2. The van der Waals surface area contributed by atoms with Gasteiger partial charge in [-0.15, -0.1) is 0 Å². The third-order valence-electron chi connectivity index (χ3n) is 6.12. The van der Waals surface area contributed by atoms with E-state index in [1.807, 2.05) is 0 Å². The Morgan fingerprint density at radius 1 is 0.545 bits per heavy atom. The van der Waals surface area contributed by atoms with E-state index in [2.05, 4.69) is 83.9 Å². The summed E-state index contributed by atoms with van der Waals surface area (Å²) in [5.41, 5.74) is 7.49. The molecule has 0 fully saturated rings. The Labute approximate surface area is 207 Å². The average Bonchev–Trinajstić information content (AvgIpc) is 2.75. The molecule has 0 aromatic carbocycles. The number of hydrogen-bond donors (Lipinski definition) is 1. The van der Waals surface area contributed by atoms with E-state index in [1.165, 1.54) is 72.8 Å². The molecule has 0 aromatic rings. The molecule has 0 aromatic heterocycles. The number of aliphatic hydroxyl groups is 1. The van der Waals surface area contributed by atoms with E-state index >= 15 is 0 Å². The molecule has 0 unspecified atom stereocenters. The molecular weight excluding hydrogens is 402 g/mol. The van der Waals surface area contributed by atoms with Crippen LogP contribution in [-0.2, 0) is 0 Å². The zero-order valence-electron chi connectivity index (χ0n) is 23.2. The summed E-state index contributed by atoms with van der Waals surface area (Å²) in [6, 6.07) is 0. The van der Waals surface area contributed by atoms with Crippen LogP contribution in [0.2, 0.25) is 0 Å². The van der Waals surface area contributed by atoms with Crippen molar-refractivity contribution in [3.05, 3.63) is 58.2 Å². The Balaban J connectivity index is 4.01. The molecule has 0 spiro atoms. The Morgan fingerprint density at radius 3 is 1.39 bits per heavy atom. The van der Waals surface area contributed by atoms with Gasteiger partial charge in [0, 0.05) is 13.2 Å². The van der Waals surface area contributed by atoms with Gasteiger partial charge in [-0.25, -0.2) is 0 Å². The predicted molar refractivity (Wildman–Crippen MR) is 150 cm³/mol. The summed E-state index contributed by atoms with van der Waals surface area (Å²) in [4.78, 5) is 2.32. The van der Waals surface area contributed by atoms with Gasteiger partial charge in [0.25, 0.3) is 0 Å². The van der Waals surface area contributed by atoms with E-state index in [0.717, 1.165) is 38.8 Å². The molecule has 33 heavy (non-hydrogen) atoms. The van der Waals surface area contributed by atoms with Gasteiger partial charge in [-0.3, -0.25) is 0 Å². The number of hydrogen-bond acceptors (Lipinski definition) is 2. The summed E-state index contributed by atoms with van der Waals surface area (Å²) < 4.78 is 0. The van der Waals surface area contributed by atoms with Crippen LogP contribution in [0.5, 0.6) is 0 Å². The number of aliphatic hydroxyl groups excluding tert-OH is 1. The van der Waals surface area contributed by atoms with Gasteiger partial charge >= 0.3 is 0 Å². The second-order valence-electron chi connectivity index (χ2n) is 10.2. The molecule has 0 saturated heterocycles. The van der Waals surface area contributed by atoms with Crippen molar-refractivity contribution in [2.75, 3.05) is 26.7 Å². The summed E-state index contributed by atoms with van der Waals surface area (Å²) in [7, 11) is 2.14. The number of nitrogens with zero attached hydrogens (tertiary/aromatic N) is 1. The van der Waals surface area contributed by atoms with Crippen molar-refractivity contribution in [2.45, 2.75) is 112 Å². The Hall–Kier alpha value is -1.38. The van der Waals surface area contributed by atoms with Crippen LogP contribution < -0.4 is 0 Å². The SMILES string of the molecule is CC(C)=CCC/C(C)=C/CCC(C)=CCC/C=C(\C)CCC=C(C)CCCN(C)CCCO. The quantitative estimate of drug-likeness (QED) is 0.154. The molecule has 0 heterocycles. The smallest absolute Gasteiger partial charge is 0.0443 e. The first kappa shape index (κ1) is 31.6. The van der Waals surface area contributed by atoms with E-state index in [9.17, 15) is 0 Å². The largest absolute Gasteiger partial charge is 0.396 e. The highest BCUT2D eigenvalue weighted by Crippen LogP contribution is 2.14. The second kappa shape index (κ2) is 21.2. The summed E-state index contributed by atoms with van der Waals surface area (Å²) >= 11 is 0. The first-order valence-electron chi connectivity index (χ1n) is 13.3. The Bertz CT molecular complexity index is 644. The van der Waals surface area contributed by atoms with Crippen LogP contribution in [0.25, 0.3) is 0 Å². The van der Waals surface area contributed by atoms with Gasteiger partial charge in [0.2, 0.25) is 0 Å². The van der Waals surface area contributed by atoms with E-state index in [-0.39, 0.29) is 0 Å². The van der Waals surface area contributed by atoms with Crippen LogP contribution in [0.3, 0.4) is 0 Å². The van der Waals surface area contributed by atoms with E-state index in [1.54, 1.807) is 0 Å². The van der Waals surface area contributed by atoms with Crippen LogP contribution in [-0.4, -0.2) is 36.8 Å². The van der Waals surface area contributed by atoms with E-state index in [4.69, 9.17) is 5.11 Å². The molecule has 0 aliphatic carbocycles. The maximum absolute atomic E-state index is 8.90. The molecule has 0 aliphatic heterocycles. The van der Waals surface area contributed by atoms with Gasteiger partial charge in [0.15, 0.2) is 0 Å². The Kier molecular flexibility index (Phi) is 20.3. The molecular formula is C31H55NO. The van der Waals surface area contributed by atoms with Gasteiger partial charge in [-0.1, -0.05) is 58.2 Å². The fraction of sp³-hybridized carbons (Fsp3) is 0.677. The summed E-state index contributed by atoms with van der Waals surface area (Å²) in [6.45, 7) is 15.8. The average molecular weight is 458 g/mol. The normalized spacial score (nSPS) is 13.7. The van der Waals surface area contributed by atoms with Crippen LogP contribution >= 0.6 is 0 Å². The van der Waals surface area contributed by atoms with Crippen LogP contribution in [0.4, 0.5) is 0 Å². The lowest BCUT2D eigenvalue weighted by Crippen LogP contribution is -2.21. The minimum absolute atomic E-state index is 0.292. The van der Waals surface area contributed by atoms with Gasteiger partial charge in [-0.2, -0.15) is 0 Å². The minimum Gasteiger partial charge on any atom is -0.396 e. The maximum atomic E-state index is 8.90. The predicted octanol–water partition coefficient (Wildman–Crippen LogP) is 8.95. The fourth-order valence-corrected chi connectivity index (χ4v) is 3.83. The van der Waals surface area contributed by atoms with Crippen molar-refractivity contribution in [1.29, 1.82) is 0 Å². The highest BCUT2D eigenvalue weighted by Gasteiger charge is 1.98. The standard InChI is InChI=1S/C31H55NO/c1-27(2)15-10-18-30(5)21-11-19-28(3)16-8-9-17-29(4)20-12-22-31(6)23-13-24-32(7)25-14-26-33/h15-17,21-22,33H,8-14,18-20,23-26H2,1-7H3/b28-16?,29-17+,30-21+,31-22?. The summed E-state index contributed by atoms with van der Waals surface area (Å²) in [5.74, 6) is 0. The lowest BCUT2D eigenvalue weighted by atomic mass is 10.0. The molecule has 2 heteroatoms. The monoisotopic (exact) mass is 457 g/mol. The van der Waals surface area contributed by atoms with E-state index < -0.39 is 0 Å². The summed E-state index contributed by atoms with van der Waals surface area (Å²) in [6.07, 6.45) is 24.6. The second-order valence-corrected chi connectivity index (χ2v) is 10.2. The minimum atomic E-state index is 0.292. The topological polar surface area (TPSA) is 23.5 Å². The van der Waals surface area contributed by atoms with Crippen LogP contribution in [0, 0.1) is 0 Å². The molecule has 0 atom stereocenters. The molecule has 0 bridgehead atoms. The van der Waals surface area contributed by atoms with Gasteiger partial charge in [0.05, 0.1) is 0 Å². The number of unbranched alkanes of at least 4 members (excludes halogenated alkanes) is 1.